The molecule has 4 heteroatoms. The van der Waals surface area contributed by atoms with Gasteiger partial charge in [0, 0.05) is 30.5 Å². The molecule has 2 aliphatic rings. The van der Waals surface area contributed by atoms with Crippen LogP contribution in [0.4, 0.5) is 5.69 Å². The van der Waals surface area contributed by atoms with Gasteiger partial charge in [0.2, 0.25) is 0 Å². The van der Waals surface area contributed by atoms with E-state index in [2.05, 4.69) is 11.2 Å². The van der Waals surface area contributed by atoms with Crippen LogP contribution in [0.5, 0.6) is 0 Å². The zero-order valence-corrected chi connectivity index (χ0v) is 11.0. The maximum atomic E-state index is 12.3. The van der Waals surface area contributed by atoms with Gasteiger partial charge < -0.3 is 10.1 Å². The number of hydrogen-bond donors (Lipinski definition) is 1. The minimum absolute atomic E-state index is 0.0464. The van der Waals surface area contributed by atoms with E-state index in [1.807, 2.05) is 24.3 Å². The van der Waals surface area contributed by atoms with Gasteiger partial charge in [-0.2, -0.15) is 0 Å². The van der Waals surface area contributed by atoms with Crippen molar-refractivity contribution >= 4 is 17.4 Å². The largest absolute Gasteiger partial charge is 0.356 e. The summed E-state index contributed by atoms with van der Waals surface area (Å²) < 4.78 is 6.02. The number of para-hydroxylation sites is 1. The first-order valence-electron chi connectivity index (χ1n) is 6.69. The molecule has 20 heavy (non-hydrogen) atoms. The molecular weight excluding hydrogens is 254 g/mol. The Labute approximate surface area is 117 Å². The Balaban J connectivity index is 1.97. The highest BCUT2D eigenvalue weighted by Crippen LogP contribution is 2.45. The third kappa shape index (κ3) is 1.91. The summed E-state index contributed by atoms with van der Waals surface area (Å²) in [5, 5.41) is 2.80. The van der Waals surface area contributed by atoms with E-state index in [0.29, 0.717) is 19.3 Å². The van der Waals surface area contributed by atoms with Crippen molar-refractivity contribution in [3.8, 4) is 12.3 Å². The zero-order valence-electron chi connectivity index (χ0n) is 11.0. The number of amides is 1. The van der Waals surface area contributed by atoms with Crippen LogP contribution in [0.3, 0.4) is 0 Å². The molecule has 4 nitrogen and oxygen atoms in total. The minimum Gasteiger partial charge on any atom is -0.356 e. The molecule has 2 heterocycles. The van der Waals surface area contributed by atoms with Gasteiger partial charge in [0.15, 0.2) is 5.60 Å². The smallest absolute Gasteiger partial charge is 0.261 e. The Morgan fingerprint density at radius 3 is 3.00 bits per heavy atom. The fraction of sp³-hybridized carbons (Fsp3) is 0.375. The highest BCUT2D eigenvalue weighted by Gasteiger charge is 2.53. The van der Waals surface area contributed by atoms with Crippen LogP contribution in [0, 0.1) is 12.3 Å². The summed E-state index contributed by atoms with van der Waals surface area (Å²) in [4.78, 5) is 24.4. The Kier molecular flexibility index (Phi) is 3.07. The number of ketones is 1. The standard InChI is InChI=1S/C16H15NO3/c1-2-3-6-12-9-11(18)10-16(20-12)13-7-4-5-8-14(13)17-15(16)19/h1,4-5,7-8,12H,3,6,9-10H2,(H,17,19)/t12-,16+/m1/s1. The molecule has 1 saturated heterocycles. The monoisotopic (exact) mass is 269 g/mol. The van der Waals surface area contributed by atoms with Gasteiger partial charge in [0.25, 0.3) is 5.91 Å². The first-order valence-corrected chi connectivity index (χ1v) is 6.69. The van der Waals surface area contributed by atoms with Gasteiger partial charge in [-0.15, -0.1) is 12.3 Å². The van der Waals surface area contributed by atoms with Crippen LogP contribution < -0.4 is 5.32 Å². The zero-order chi connectivity index (χ0) is 14.2. The van der Waals surface area contributed by atoms with Gasteiger partial charge in [-0.3, -0.25) is 9.59 Å². The molecule has 1 aromatic rings. The summed E-state index contributed by atoms with van der Waals surface area (Å²) >= 11 is 0. The number of nitrogens with one attached hydrogen (secondary N) is 1. The summed E-state index contributed by atoms with van der Waals surface area (Å²) in [5.74, 6) is 2.34. The third-order valence-corrected chi connectivity index (χ3v) is 3.86. The lowest BCUT2D eigenvalue weighted by molar-refractivity contribution is -0.169. The molecule has 2 aliphatic heterocycles. The van der Waals surface area contributed by atoms with Crippen molar-refractivity contribution in [2.75, 3.05) is 5.32 Å². The minimum atomic E-state index is -1.16. The van der Waals surface area contributed by atoms with E-state index in [9.17, 15) is 9.59 Å². The van der Waals surface area contributed by atoms with Crippen molar-refractivity contribution in [3.05, 3.63) is 29.8 Å². The fourth-order valence-electron chi connectivity index (χ4n) is 2.96. The van der Waals surface area contributed by atoms with Gasteiger partial charge >= 0.3 is 0 Å². The molecule has 1 spiro atoms. The summed E-state index contributed by atoms with van der Waals surface area (Å²) in [6, 6.07) is 7.35. The predicted molar refractivity (Wildman–Crippen MR) is 73.9 cm³/mol. The lowest BCUT2D eigenvalue weighted by Crippen LogP contribution is -2.47. The number of benzene rings is 1. The van der Waals surface area contributed by atoms with Gasteiger partial charge in [0.1, 0.15) is 5.78 Å². The van der Waals surface area contributed by atoms with Gasteiger partial charge in [-0.1, -0.05) is 18.2 Å². The van der Waals surface area contributed by atoms with Crippen LogP contribution in [0.1, 0.15) is 31.2 Å². The molecule has 0 saturated carbocycles. The van der Waals surface area contributed by atoms with Crippen molar-refractivity contribution in [3.63, 3.8) is 0 Å². The van der Waals surface area contributed by atoms with Crippen molar-refractivity contribution in [1.29, 1.82) is 0 Å². The molecule has 2 atom stereocenters. The second-order valence-electron chi connectivity index (χ2n) is 5.23. The number of Topliss-reactive ketones (excluding diaryl/α,β-unsaturated/α-hetero) is 1. The average molecular weight is 269 g/mol. The normalized spacial score (nSPS) is 28.1. The average Bonchev–Trinajstić information content (AvgIpc) is 2.69. The molecule has 0 bridgehead atoms. The first-order chi connectivity index (χ1) is 9.65. The first kappa shape index (κ1) is 12.9. The Morgan fingerprint density at radius 2 is 2.20 bits per heavy atom. The van der Waals surface area contributed by atoms with Crippen LogP contribution in [0.25, 0.3) is 0 Å². The molecule has 0 aliphatic carbocycles. The van der Waals surface area contributed by atoms with Gasteiger partial charge in [-0.25, -0.2) is 0 Å². The number of terminal acetylenes is 1. The van der Waals surface area contributed by atoms with E-state index in [-0.39, 0.29) is 24.2 Å². The Morgan fingerprint density at radius 1 is 1.40 bits per heavy atom. The number of anilines is 1. The molecule has 1 fully saturated rings. The van der Waals surface area contributed by atoms with E-state index in [1.54, 1.807) is 0 Å². The van der Waals surface area contributed by atoms with Crippen LogP contribution in [-0.4, -0.2) is 17.8 Å². The summed E-state index contributed by atoms with van der Waals surface area (Å²) in [5.41, 5.74) is 0.317. The molecule has 3 rings (SSSR count). The highest BCUT2D eigenvalue weighted by atomic mass is 16.5. The number of carbonyl (C=O) groups excluding carboxylic acids is 2. The SMILES string of the molecule is C#CCC[C@@H]1CC(=O)C[C@@]2(O1)C(=O)Nc1ccccc12. The Hall–Kier alpha value is -2.12. The van der Waals surface area contributed by atoms with E-state index in [4.69, 9.17) is 11.2 Å². The van der Waals surface area contributed by atoms with E-state index < -0.39 is 5.60 Å². The lowest BCUT2D eigenvalue weighted by atomic mass is 9.84. The maximum absolute atomic E-state index is 12.3. The molecular formula is C16H15NO3. The molecule has 0 unspecified atom stereocenters. The van der Waals surface area contributed by atoms with Crippen LogP contribution in [-0.2, 0) is 19.9 Å². The maximum Gasteiger partial charge on any atom is 0.261 e. The number of ether oxygens (including phenoxy) is 1. The fourth-order valence-corrected chi connectivity index (χ4v) is 2.96. The van der Waals surface area contributed by atoms with Crippen molar-refractivity contribution < 1.29 is 14.3 Å². The summed E-state index contributed by atoms with van der Waals surface area (Å²) in [7, 11) is 0. The summed E-state index contributed by atoms with van der Waals surface area (Å²) in [6.07, 6.45) is 6.54. The molecule has 1 amide bonds. The highest BCUT2D eigenvalue weighted by molar-refractivity contribution is 6.07. The van der Waals surface area contributed by atoms with Crippen LogP contribution in [0.15, 0.2) is 24.3 Å². The predicted octanol–water partition coefficient (Wildman–Crippen LogP) is 2.00. The molecule has 1 N–H and O–H groups in total. The van der Waals surface area contributed by atoms with Crippen molar-refractivity contribution in [2.24, 2.45) is 0 Å². The van der Waals surface area contributed by atoms with E-state index in [0.717, 1.165) is 11.3 Å². The van der Waals surface area contributed by atoms with E-state index >= 15 is 0 Å². The molecule has 0 radical (unpaired) electrons. The second-order valence-corrected chi connectivity index (χ2v) is 5.23. The lowest BCUT2D eigenvalue weighted by Gasteiger charge is -2.36. The van der Waals surface area contributed by atoms with Gasteiger partial charge in [0.05, 0.1) is 6.10 Å². The second kappa shape index (κ2) is 4.77. The number of rotatable bonds is 2. The van der Waals surface area contributed by atoms with Crippen LogP contribution in [0.2, 0.25) is 0 Å². The quantitative estimate of drug-likeness (QED) is 0.835. The van der Waals surface area contributed by atoms with E-state index in [1.165, 1.54) is 0 Å². The Bertz CT molecular complexity index is 616. The van der Waals surface area contributed by atoms with Gasteiger partial charge in [-0.05, 0) is 12.5 Å². The number of fused-ring (bicyclic) bond motifs is 2. The molecule has 0 aromatic heterocycles. The van der Waals surface area contributed by atoms with Crippen molar-refractivity contribution in [2.45, 2.75) is 37.4 Å². The summed E-state index contributed by atoms with van der Waals surface area (Å²) in [6.45, 7) is 0. The number of carbonyl (C=O) groups is 2. The molecule has 102 valence electrons. The number of hydrogen-bond acceptors (Lipinski definition) is 3. The topological polar surface area (TPSA) is 55.4 Å². The van der Waals surface area contributed by atoms with Crippen LogP contribution >= 0.6 is 0 Å². The van der Waals surface area contributed by atoms with Crippen molar-refractivity contribution in [1.82, 2.24) is 0 Å². The third-order valence-electron chi connectivity index (χ3n) is 3.86. The molecule has 1 aromatic carbocycles.